The molecule has 1 fully saturated rings. The molecule has 174 valence electrons. The van der Waals surface area contributed by atoms with Crippen LogP contribution in [0.15, 0.2) is 66.0 Å². The van der Waals surface area contributed by atoms with Gasteiger partial charge >= 0.3 is 0 Å². The van der Waals surface area contributed by atoms with Gasteiger partial charge in [0.25, 0.3) is 0 Å². The quantitative estimate of drug-likeness (QED) is 0.392. The van der Waals surface area contributed by atoms with Gasteiger partial charge in [-0.1, -0.05) is 24.3 Å². The van der Waals surface area contributed by atoms with Crippen LogP contribution in [0.25, 0.3) is 23.1 Å². The van der Waals surface area contributed by atoms with E-state index in [0.29, 0.717) is 31.3 Å². The molecule has 1 aliphatic rings. The number of rotatable bonds is 6. The summed E-state index contributed by atoms with van der Waals surface area (Å²) < 4.78 is 27.4. The van der Waals surface area contributed by atoms with Crippen molar-refractivity contribution in [1.82, 2.24) is 29.8 Å². The first-order valence-corrected chi connectivity index (χ1v) is 12.5. The highest BCUT2D eigenvalue weighted by atomic mass is 32.2. The van der Waals surface area contributed by atoms with Gasteiger partial charge in [0.1, 0.15) is 0 Å². The lowest BCUT2D eigenvalue weighted by Gasteiger charge is -2.19. The lowest BCUT2D eigenvalue weighted by Crippen LogP contribution is -2.34. The Bertz CT molecular complexity index is 1390. The lowest BCUT2D eigenvalue weighted by molar-refractivity contribution is 0.432. The van der Waals surface area contributed by atoms with E-state index >= 15 is 0 Å². The van der Waals surface area contributed by atoms with Crippen LogP contribution in [-0.2, 0) is 10.0 Å². The topological polar surface area (TPSA) is 116 Å². The molecule has 5 rings (SSSR count). The molecule has 0 radical (unpaired) electrons. The van der Waals surface area contributed by atoms with E-state index in [1.807, 2.05) is 30.4 Å². The fourth-order valence-electron chi connectivity index (χ4n) is 3.86. The van der Waals surface area contributed by atoms with Crippen molar-refractivity contribution in [2.24, 2.45) is 0 Å². The van der Waals surface area contributed by atoms with Crippen LogP contribution in [0.5, 0.6) is 0 Å². The van der Waals surface area contributed by atoms with E-state index in [2.05, 4.69) is 30.8 Å². The molecule has 4 aromatic rings. The van der Waals surface area contributed by atoms with E-state index in [9.17, 15) is 8.42 Å². The summed E-state index contributed by atoms with van der Waals surface area (Å²) in [7, 11) is -3.50. The lowest BCUT2D eigenvalue weighted by atomic mass is 10.1. The molecular weight excluding hydrogens is 450 g/mol. The van der Waals surface area contributed by atoms with Crippen LogP contribution in [0, 0.1) is 0 Å². The standard InChI is InChI=1S/C24H25N7O2S/c32-34(33,31-13-2-11-25-12-14-31)21-9-7-20(8-10-21)29-24-26-15-18(16-27-24)5-6-19-3-1-4-23-22(19)17-28-30-23/h1,3-10,15-17,25H,2,11-14H2,(H,28,30)(H,26,27,29). The van der Waals surface area contributed by atoms with Gasteiger partial charge in [-0.25, -0.2) is 18.4 Å². The van der Waals surface area contributed by atoms with E-state index in [1.54, 1.807) is 42.9 Å². The van der Waals surface area contributed by atoms with Crippen LogP contribution in [0.2, 0.25) is 0 Å². The Morgan fingerprint density at radius 2 is 1.76 bits per heavy atom. The SMILES string of the molecule is O=S(=O)(c1ccc(Nc2ncc(C=Cc3cccc4[nH]ncc34)cn2)cc1)N1CCCNCC1. The molecule has 1 saturated heterocycles. The molecule has 0 aliphatic carbocycles. The third kappa shape index (κ3) is 4.84. The van der Waals surface area contributed by atoms with Crippen LogP contribution < -0.4 is 10.6 Å². The molecule has 1 aliphatic heterocycles. The monoisotopic (exact) mass is 475 g/mol. The molecule has 0 amide bonds. The van der Waals surface area contributed by atoms with Gasteiger partial charge in [0, 0.05) is 48.7 Å². The first-order chi connectivity index (χ1) is 16.6. The largest absolute Gasteiger partial charge is 0.324 e. The molecular formula is C24H25N7O2S. The fourth-order valence-corrected chi connectivity index (χ4v) is 5.34. The Morgan fingerprint density at radius 3 is 2.59 bits per heavy atom. The zero-order chi connectivity index (χ0) is 23.4. The maximum atomic E-state index is 12.9. The summed E-state index contributed by atoms with van der Waals surface area (Å²) in [6, 6.07) is 12.7. The van der Waals surface area contributed by atoms with Crippen molar-refractivity contribution >= 4 is 44.7 Å². The summed E-state index contributed by atoms with van der Waals surface area (Å²) in [5.41, 5.74) is 3.62. The van der Waals surface area contributed by atoms with Crippen molar-refractivity contribution in [3.05, 3.63) is 72.2 Å². The van der Waals surface area contributed by atoms with Crippen LogP contribution in [0.1, 0.15) is 17.5 Å². The van der Waals surface area contributed by atoms with Gasteiger partial charge in [-0.2, -0.15) is 9.40 Å². The first-order valence-electron chi connectivity index (χ1n) is 11.1. The zero-order valence-corrected chi connectivity index (χ0v) is 19.3. The van der Waals surface area contributed by atoms with Gasteiger partial charge in [0.05, 0.1) is 16.6 Å². The number of anilines is 2. The van der Waals surface area contributed by atoms with E-state index < -0.39 is 10.0 Å². The summed E-state index contributed by atoms with van der Waals surface area (Å²) in [5.74, 6) is 0.434. The minimum absolute atomic E-state index is 0.286. The van der Waals surface area contributed by atoms with E-state index in [1.165, 1.54) is 4.31 Å². The summed E-state index contributed by atoms with van der Waals surface area (Å²) in [5, 5.41) is 14.4. The van der Waals surface area contributed by atoms with Crippen molar-refractivity contribution in [1.29, 1.82) is 0 Å². The molecule has 0 spiro atoms. The molecule has 0 unspecified atom stereocenters. The summed E-state index contributed by atoms with van der Waals surface area (Å²) in [6.45, 7) is 2.51. The molecule has 0 bridgehead atoms. The Kier molecular flexibility index (Phi) is 6.35. The van der Waals surface area contributed by atoms with Gasteiger partial charge in [-0.15, -0.1) is 0 Å². The minimum atomic E-state index is -3.50. The molecule has 3 N–H and O–H groups in total. The number of fused-ring (bicyclic) bond motifs is 1. The molecule has 3 heterocycles. The highest BCUT2D eigenvalue weighted by Gasteiger charge is 2.24. The van der Waals surface area contributed by atoms with Gasteiger partial charge in [-0.05, 0) is 48.9 Å². The van der Waals surface area contributed by atoms with E-state index in [-0.39, 0.29) is 4.90 Å². The molecule has 2 aromatic heterocycles. The molecule has 2 aromatic carbocycles. The number of aromatic amines is 1. The number of aromatic nitrogens is 4. The Hall–Kier alpha value is -3.60. The predicted molar refractivity (Wildman–Crippen MR) is 133 cm³/mol. The molecule has 0 atom stereocenters. The first kappa shape index (κ1) is 22.2. The normalized spacial score (nSPS) is 15.5. The van der Waals surface area contributed by atoms with Crippen molar-refractivity contribution in [2.45, 2.75) is 11.3 Å². The summed E-state index contributed by atoms with van der Waals surface area (Å²) in [4.78, 5) is 9.02. The maximum absolute atomic E-state index is 12.9. The predicted octanol–water partition coefficient (Wildman–Crippen LogP) is 3.25. The number of hydrogen-bond acceptors (Lipinski definition) is 7. The third-order valence-corrected chi connectivity index (χ3v) is 7.61. The van der Waals surface area contributed by atoms with Crippen molar-refractivity contribution < 1.29 is 8.42 Å². The van der Waals surface area contributed by atoms with Crippen LogP contribution in [0.4, 0.5) is 11.6 Å². The van der Waals surface area contributed by atoms with E-state index in [4.69, 9.17) is 0 Å². The highest BCUT2D eigenvalue weighted by molar-refractivity contribution is 7.89. The number of sulfonamides is 1. The number of nitrogens with one attached hydrogen (secondary N) is 3. The van der Waals surface area contributed by atoms with Gasteiger partial charge in [0.2, 0.25) is 16.0 Å². The zero-order valence-electron chi connectivity index (χ0n) is 18.5. The average Bonchev–Trinajstić information content (AvgIpc) is 3.17. The molecule has 9 nitrogen and oxygen atoms in total. The summed E-state index contributed by atoms with van der Waals surface area (Å²) in [6.07, 6.45) is 10.0. The Morgan fingerprint density at radius 1 is 0.941 bits per heavy atom. The fraction of sp³-hybridized carbons (Fsp3) is 0.208. The number of H-pyrrole nitrogens is 1. The number of hydrogen-bond donors (Lipinski definition) is 3. The van der Waals surface area contributed by atoms with Crippen molar-refractivity contribution in [3.63, 3.8) is 0 Å². The van der Waals surface area contributed by atoms with Crippen LogP contribution in [0.3, 0.4) is 0 Å². The number of nitrogens with zero attached hydrogens (tertiary/aromatic N) is 4. The van der Waals surface area contributed by atoms with Crippen LogP contribution in [-0.4, -0.2) is 59.1 Å². The molecule has 34 heavy (non-hydrogen) atoms. The van der Waals surface area contributed by atoms with Crippen LogP contribution >= 0.6 is 0 Å². The highest BCUT2D eigenvalue weighted by Crippen LogP contribution is 2.21. The second-order valence-corrected chi connectivity index (χ2v) is 9.95. The third-order valence-electron chi connectivity index (χ3n) is 5.69. The smallest absolute Gasteiger partial charge is 0.243 e. The average molecular weight is 476 g/mol. The van der Waals surface area contributed by atoms with Gasteiger partial charge in [0.15, 0.2) is 0 Å². The van der Waals surface area contributed by atoms with Gasteiger partial charge in [-0.3, -0.25) is 5.10 Å². The van der Waals surface area contributed by atoms with E-state index in [0.717, 1.165) is 35.0 Å². The Labute approximate surface area is 198 Å². The van der Waals surface area contributed by atoms with Gasteiger partial charge < -0.3 is 10.6 Å². The second-order valence-electron chi connectivity index (χ2n) is 8.01. The molecule has 0 saturated carbocycles. The number of benzene rings is 2. The minimum Gasteiger partial charge on any atom is -0.324 e. The second kappa shape index (κ2) is 9.72. The summed E-state index contributed by atoms with van der Waals surface area (Å²) >= 11 is 0. The Balaban J connectivity index is 1.25. The van der Waals surface area contributed by atoms with Crippen molar-refractivity contribution in [2.75, 3.05) is 31.5 Å². The maximum Gasteiger partial charge on any atom is 0.243 e. The van der Waals surface area contributed by atoms with Crippen molar-refractivity contribution in [3.8, 4) is 0 Å². The molecule has 10 heteroatoms.